The van der Waals surface area contributed by atoms with Gasteiger partial charge in [0.2, 0.25) is 0 Å². The van der Waals surface area contributed by atoms with Crippen molar-refractivity contribution in [3.05, 3.63) is 59.7 Å². The second kappa shape index (κ2) is 7.77. The topological polar surface area (TPSA) is 118 Å². The highest BCUT2D eigenvalue weighted by molar-refractivity contribution is 6.02. The van der Waals surface area contributed by atoms with Crippen molar-refractivity contribution in [2.24, 2.45) is 21.9 Å². The lowest BCUT2D eigenvalue weighted by Gasteiger charge is -2.09. The number of nitrogens with two attached hydrogens (primary N) is 2. The van der Waals surface area contributed by atoms with Crippen LogP contribution in [0.2, 0.25) is 0 Å². The lowest BCUT2D eigenvalue weighted by Crippen LogP contribution is -2.19. The summed E-state index contributed by atoms with van der Waals surface area (Å²) in [4.78, 5) is 12.0. The number of hydrogen-bond donors (Lipinski definition) is 4. The molecule has 0 aliphatic carbocycles. The van der Waals surface area contributed by atoms with Crippen LogP contribution in [0.3, 0.4) is 0 Å². The fourth-order valence-corrected chi connectivity index (χ4v) is 2.03. The number of nitrogens with one attached hydrogen (secondary N) is 2. The molecule has 0 fully saturated rings. The average Bonchev–Trinajstić information content (AvgIpc) is 2.61. The first-order valence-corrected chi connectivity index (χ1v) is 7.31. The molecule has 2 aromatic carbocycles. The molecule has 2 amide bonds. The zero-order valence-corrected chi connectivity index (χ0v) is 13.6. The Morgan fingerprint density at radius 3 is 1.38 bits per heavy atom. The van der Waals surface area contributed by atoms with E-state index in [-0.39, 0.29) is 6.03 Å². The van der Waals surface area contributed by atoms with E-state index in [1.807, 2.05) is 38.1 Å². The van der Waals surface area contributed by atoms with Gasteiger partial charge in [-0.2, -0.15) is 10.2 Å². The largest absolute Gasteiger partial charge is 0.323 e. The van der Waals surface area contributed by atoms with E-state index in [1.54, 1.807) is 24.3 Å². The van der Waals surface area contributed by atoms with Crippen molar-refractivity contribution >= 4 is 28.8 Å². The van der Waals surface area contributed by atoms with Gasteiger partial charge in [-0.05, 0) is 49.2 Å². The van der Waals surface area contributed by atoms with Crippen LogP contribution in [-0.4, -0.2) is 17.5 Å². The molecule has 0 spiro atoms. The van der Waals surface area contributed by atoms with E-state index in [0.29, 0.717) is 11.4 Å². The number of hydrogen-bond acceptors (Lipinski definition) is 5. The summed E-state index contributed by atoms with van der Waals surface area (Å²) in [6, 6.07) is 14.2. The normalized spacial score (nSPS) is 11.9. The summed E-state index contributed by atoms with van der Waals surface area (Å²) < 4.78 is 0. The molecule has 0 radical (unpaired) electrons. The number of anilines is 2. The highest BCUT2D eigenvalue weighted by Crippen LogP contribution is 2.13. The summed E-state index contributed by atoms with van der Waals surface area (Å²) in [7, 11) is 0. The van der Waals surface area contributed by atoms with Gasteiger partial charge in [0.1, 0.15) is 0 Å². The fraction of sp³-hybridized carbons (Fsp3) is 0.118. The second-order valence-corrected chi connectivity index (χ2v) is 5.16. The SMILES string of the molecule is C/C(=N\N)c1ccc(NC(=O)Nc2ccc(/C(C)=N/N)cc2)cc1. The molecule has 2 rings (SSSR count). The molecule has 24 heavy (non-hydrogen) atoms. The van der Waals surface area contributed by atoms with Crippen LogP contribution in [0, 0.1) is 0 Å². The Morgan fingerprint density at radius 2 is 1.08 bits per heavy atom. The van der Waals surface area contributed by atoms with Crippen LogP contribution in [0.25, 0.3) is 0 Å². The smallest absolute Gasteiger partial charge is 0.323 e. The Morgan fingerprint density at radius 1 is 0.750 bits per heavy atom. The maximum atomic E-state index is 12.0. The lowest BCUT2D eigenvalue weighted by molar-refractivity contribution is 0.262. The van der Waals surface area contributed by atoms with Gasteiger partial charge >= 0.3 is 6.03 Å². The molecule has 0 atom stereocenters. The third kappa shape index (κ3) is 4.33. The number of nitrogens with zero attached hydrogens (tertiary/aromatic N) is 2. The van der Waals surface area contributed by atoms with E-state index in [9.17, 15) is 4.79 Å². The highest BCUT2D eigenvalue weighted by Gasteiger charge is 2.04. The maximum Gasteiger partial charge on any atom is 0.323 e. The van der Waals surface area contributed by atoms with Crippen molar-refractivity contribution in [2.45, 2.75) is 13.8 Å². The van der Waals surface area contributed by atoms with Crippen molar-refractivity contribution in [1.82, 2.24) is 0 Å². The number of urea groups is 1. The third-order valence-corrected chi connectivity index (χ3v) is 3.51. The Labute approximate surface area is 140 Å². The Bertz CT molecular complexity index is 697. The molecule has 0 bridgehead atoms. The molecule has 0 aromatic heterocycles. The van der Waals surface area contributed by atoms with Crippen molar-refractivity contribution in [2.75, 3.05) is 10.6 Å². The monoisotopic (exact) mass is 324 g/mol. The molecular formula is C17H20N6O. The predicted octanol–water partition coefficient (Wildman–Crippen LogP) is 2.70. The molecule has 0 aliphatic heterocycles. The molecule has 0 saturated heterocycles. The standard InChI is InChI=1S/C17H20N6O/c1-11(22-18)13-3-7-15(8-4-13)20-17(24)21-16-9-5-14(6-10-16)12(2)23-19/h3-10H,18-19H2,1-2H3,(H2,20,21,24)/b22-11+,23-12+. The molecular weight excluding hydrogens is 304 g/mol. The number of carbonyl (C=O) groups excluding carboxylic acids is 1. The maximum absolute atomic E-state index is 12.0. The summed E-state index contributed by atoms with van der Waals surface area (Å²) in [5.74, 6) is 10.5. The van der Waals surface area contributed by atoms with E-state index in [1.165, 1.54) is 0 Å². The van der Waals surface area contributed by atoms with E-state index in [0.717, 1.165) is 22.6 Å². The molecule has 0 aliphatic rings. The Hall–Kier alpha value is -3.35. The summed E-state index contributed by atoms with van der Waals surface area (Å²) in [5.41, 5.74) is 4.59. The first kappa shape index (κ1) is 17.0. The van der Waals surface area contributed by atoms with Crippen LogP contribution >= 0.6 is 0 Å². The Kier molecular flexibility index (Phi) is 5.51. The van der Waals surface area contributed by atoms with Gasteiger partial charge in [-0.1, -0.05) is 24.3 Å². The summed E-state index contributed by atoms with van der Waals surface area (Å²) >= 11 is 0. The minimum absolute atomic E-state index is 0.330. The van der Waals surface area contributed by atoms with Gasteiger partial charge in [-0.15, -0.1) is 0 Å². The van der Waals surface area contributed by atoms with Crippen molar-refractivity contribution < 1.29 is 4.79 Å². The molecule has 0 unspecified atom stereocenters. The quantitative estimate of drug-likeness (QED) is 0.393. The number of carbonyl (C=O) groups is 1. The van der Waals surface area contributed by atoms with Gasteiger partial charge in [-0.3, -0.25) is 0 Å². The minimum atomic E-state index is -0.330. The van der Waals surface area contributed by atoms with Gasteiger partial charge < -0.3 is 22.3 Å². The summed E-state index contributed by atoms with van der Waals surface area (Å²) in [6.45, 7) is 3.63. The predicted molar refractivity (Wildman–Crippen MR) is 98.3 cm³/mol. The van der Waals surface area contributed by atoms with Crippen LogP contribution in [0.15, 0.2) is 58.7 Å². The van der Waals surface area contributed by atoms with Gasteiger partial charge in [0.25, 0.3) is 0 Å². The highest BCUT2D eigenvalue weighted by atomic mass is 16.2. The second-order valence-electron chi connectivity index (χ2n) is 5.16. The average molecular weight is 324 g/mol. The van der Waals surface area contributed by atoms with Crippen molar-refractivity contribution in [1.29, 1.82) is 0 Å². The fourth-order valence-electron chi connectivity index (χ4n) is 2.03. The molecule has 2 aromatic rings. The van der Waals surface area contributed by atoms with E-state index >= 15 is 0 Å². The van der Waals surface area contributed by atoms with Gasteiger partial charge in [0.05, 0.1) is 11.4 Å². The molecule has 7 nitrogen and oxygen atoms in total. The number of rotatable bonds is 4. The van der Waals surface area contributed by atoms with E-state index in [4.69, 9.17) is 11.7 Å². The van der Waals surface area contributed by atoms with Gasteiger partial charge in [0, 0.05) is 11.4 Å². The molecule has 7 heteroatoms. The number of benzene rings is 2. The van der Waals surface area contributed by atoms with E-state index < -0.39 is 0 Å². The van der Waals surface area contributed by atoms with Crippen molar-refractivity contribution in [3.63, 3.8) is 0 Å². The van der Waals surface area contributed by atoms with Crippen LogP contribution in [-0.2, 0) is 0 Å². The first-order valence-electron chi connectivity index (χ1n) is 7.31. The van der Waals surface area contributed by atoms with Gasteiger partial charge in [0.15, 0.2) is 0 Å². The zero-order chi connectivity index (χ0) is 17.5. The number of amides is 2. The molecule has 0 saturated carbocycles. The molecule has 6 N–H and O–H groups in total. The first-order chi connectivity index (χ1) is 11.5. The molecule has 0 heterocycles. The number of hydrazone groups is 2. The summed E-state index contributed by atoms with van der Waals surface area (Å²) in [6.07, 6.45) is 0. The molecule has 124 valence electrons. The Balaban J connectivity index is 1.98. The van der Waals surface area contributed by atoms with Crippen LogP contribution in [0.4, 0.5) is 16.2 Å². The van der Waals surface area contributed by atoms with Gasteiger partial charge in [-0.25, -0.2) is 4.79 Å². The van der Waals surface area contributed by atoms with Crippen LogP contribution < -0.4 is 22.3 Å². The van der Waals surface area contributed by atoms with Crippen molar-refractivity contribution in [3.8, 4) is 0 Å². The van der Waals surface area contributed by atoms with Crippen LogP contribution in [0.5, 0.6) is 0 Å². The summed E-state index contributed by atoms with van der Waals surface area (Å²) in [5, 5.41) is 12.8. The van der Waals surface area contributed by atoms with E-state index in [2.05, 4.69) is 20.8 Å². The third-order valence-electron chi connectivity index (χ3n) is 3.51. The zero-order valence-electron chi connectivity index (χ0n) is 13.6. The minimum Gasteiger partial charge on any atom is -0.323 e. The lowest BCUT2D eigenvalue weighted by atomic mass is 10.1. The van der Waals surface area contributed by atoms with Crippen LogP contribution in [0.1, 0.15) is 25.0 Å².